The number of hydrogen-bond donors (Lipinski definition) is 1. The van der Waals surface area contributed by atoms with Gasteiger partial charge in [0, 0.05) is 11.8 Å². The van der Waals surface area contributed by atoms with Crippen LogP contribution in [0.15, 0.2) is 71.6 Å². The van der Waals surface area contributed by atoms with Crippen molar-refractivity contribution in [3.05, 3.63) is 77.9 Å². The first-order chi connectivity index (χ1) is 15.9. The summed E-state index contributed by atoms with van der Waals surface area (Å²) < 4.78 is 39.2. The Morgan fingerprint density at radius 2 is 1.61 bits per heavy atom. The van der Waals surface area contributed by atoms with Gasteiger partial charge >= 0.3 is 0 Å². The van der Waals surface area contributed by atoms with E-state index < -0.39 is 15.9 Å². The lowest BCUT2D eigenvalue weighted by atomic mass is 10.1. The molecule has 0 saturated heterocycles. The molecule has 7 nitrogen and oxygen atoms in total. The van der Waals surface area contributed by atoms with Gasteiger partial charge in [-0.25, -0.2) is 8.42 Å². The van der Waals surface area contributed by atoms with Gasteiger partial charge in [-0.1, -0.05) is 36.8 Å². The van der Waals surface area contributed by atoms with Crippen LogP contribution in [-0.4, -0.2) is 34.1 Å². The maximum atomic E-state index is 13.5. The molecule has 3 aromatic carbocycles. The number of nitrogens with zero attached hydrogens (tertiary/aromatic N) is 1. The van der Waals surface area contributed by atoms with Crippen molar-refractivity contribution in [2.24, 2.45) is 0 Å². The minimum atomic E-state index is -3.96. The van der Waals surface area contributed by atoms with Gasteiger partial charge in [0.1, 0.15) is 19.8 Å². The second-order valence-electron chi connectivity index (χ2n) is 7.75. The molecule has 0 bridgehead atoms. The molecule has 0 radical (unpaired) electrons. The van der Waals surface area contributed by atoms with E-state index in [0.717, 1.165) is 21.9 Å². The number of carbonyl (C=O) groups excluding carboxylic acids is 1. The van der Waals surface area contributed by atoms with E-state index in [4.69, 9.17) is 9.47 Å². The smallest absolute Gasteiger partial charge is 0.264 e. The lowest BCUT2D eigenvalue weighted by Crippen LogP contribution is -2.38. The molecule has 1 amide bonds. The first-order valence-electron chi connectivity index (χ1n) is 10.7. The highest BCUT2D eigenvalue weighted by atomic mass is 32.2. The number of sulfonamides is 1. The monoisotopic (exact) mass is 466 g/mol. The van der Waals surface area contributed by atoms with Crippen molar-refractivity contribution in [3.8, 4) is 11.5 Å². The third kappa shape index (κ3) is 5.12. The molecule has 1 aliphatic heterocycles. The van der Waals surface area contributed by atoms with Crippen molar-refractivity contribution in [1.29, 1.82) is 0 Å². The van der Waals surface area contributed by atoms with E-state index in [1.165, 1.54) is 0 Å². The van der Waals surface area contributed by atoms with Gasteiger partial charge in [-0.2, -0.15) is 0 Å². The molecule has 33 heavy (non-hydrogen) atoms. The second kappa shape index (κ2) is 9.54. The van der Waals surface area contributed by atoms with E-state index in [1.807, 2.05) is 26.0 Å². The third-order valence-corrected chi connectivity index (χ3v) is 7.14. The predicted octanol–water partition coefficient (Wildman–Crippen LogP) is 4.16. The highest BCUT2D eigenvalue weighted by Gasteiger charge is 2.27. The molecule has 3 aromatic rings. The van der Waals surface area contributed by atoms with Crippen molar-refractivity contribution in [1.82, 2.24) is 0 Å². The number of aryl methyl sites for hydroxylation is 2. The summed E-state index contributed by atoms with van der Waals surface area (Å²) >= 11 is 0. The van der Waals surface area contributed by atoms with E-state index in [0.29, 0.717) is 36.1 Å². The summed E-state index contributed by atoms with van der Waals surface area (Å²) in [7, 11) is -3.96. The van der Waals surface area contributed by atoms with Gasteiger partial charge in [-0.15, -0.1) is 0 Å². The van der Waals surface area contributed by atoms with Crippen molar-refractivity contribution >= 4 is 27.3 Å². The summed E-state index contributed by atoms with van der Waals surface area (Å²) in [6.45, 7) is 4.44. The molecule has 1 heterocycles. The third-order valence-electron chi connectivity index (χ3n) is 5.35. The Balaban J connectivity index is 1.61. The summed E-state index contributed by atoms with van der Waals surface area (Å²) in [6.07, 6.45) is 0.829. The number of carbonyl (C=O) groups is 1. The number of hydrogen-bond acceptors (Lipinski definition) is 5. The van der Waals surface area contributed by atoms with Crippen LogP contribution >= 0.6 is 0 Å². The van der Waals surface area contributed by atoms with E-state index in [-0.39, 0.29) is 11.4 Å². The average molecular weight is 467 g/mol. The van der Waals surface area contributed by atoms with Gasteiger partial charge < -0.3 is 14.8 Å². The van der Waals surface area contributed by atoms with Crippen molar-refractivity contribution < 1.29 is 22.7 Å². The largest absolute Gasteiger partial charge is 0.486 e. The Bertz CT molecular complexity index is 1240. The van der Waals surface area contributed by atoms with Crippen LogP contribution in [0.1, 0.15) is 18.1 Å². The van der Waals surface area contributed by atoms with Gasteiger partial charge in [0.25, 0.3) is 10.0 Å². The Morgan fingerprint density at radius 3 is 2.27 bits per heavy atom. The zero-order valence-corrected chi connectivity index (χ0v) is 19.4. The molecule has 1 aliphatic rings. The van der Waals surface area contributed by atoms with Crippen molar-refractivity contribution in [2.75, 3.05) is 29.4 Å². The molecule has 1 N–H and O–H groups in total. The van der Waals surface area contributed by atoms with Gasteiger partial charge in [-0.05, 0) is 55.3 Å². The average Bonchev–Trinajstić information content (AvgIpc) is 2.83. The zero-order valence-electron chi connectivity index (χ0n) is 18.6. The highest BCUT2D eigenvalue weighted by molar-refractivity contribution is 7.92. The quantitative estimate of drug-likeness (QED) is 0.565. The summed E-state index contributed by atoms with van der Waals surface area (Å²) in [5, 5.41) is 2.77. The molecule has 0 aromatic heterocycles. The number of rotatable bonds is 7. The number of fused-ring (bicyclic) bond motifs is 1. The molecule has 0 atom stereocenters. The SMILES string of the molecule is CCc1ccc(N(CC(=O)Nc2ccc3c(c2)OCCO3)S(=O)(=O)c2ccc(C)cc2)cc1. The lowest BCUT2D eigenvalue weighted by molar-refractivity contribution is -0.114. The molecule has 0 aliphatic carbocycles. The Morgan fingerprint density at radius 1 is 0.939 bits per heavy atom. The Hall–Kier alpha value is -3.52. The molecule has 4 rings (SSSR count). The minimum absolute atomic E-state index is 0.125. The van der Waals surface area contributed by atoms with Crippen molar-refractivity contribution in [2.45, 2.75) is 25.2 Å². The minimum Gasteiger partial charge on any atom is -0.486 e. The zero-order chi connectivity index (χ0) is 23.4. The van der Waals surface area contributed by atoms with Gasteiger partial charge in [0.15, 0.2) is 11.5 Å². The summed E-state index contributed by atoms with van der Waals surface area (Å²) in [6, 6.07) is 18.8. The maximum absolute atomic E-state index is 13.5. The van der Waals surface area contributed by atoms with E-state index >= 15 is 0 Å². The molecule has 8 heteroatoms. The number of benzene rings is 3. The lowest BCUT2D eigenvalue weighted by Gasteiger charge is -2.24. The van der Waals surface area contributed by atoms with Crippen molar-refractivity contribution in [3.63, 3.8) is 0 Å². The van der Waals surface area contributed by atoms with E-state index in [2.05, 4.69) is 5.32 Å². The molecule has 172 valence electrons. The normalized spacial score (nSPS) is 12.8. The second-order valence-corrected chi connectivity index (χ2v) is 9.61. The molecule has 0 saturated carbocycles. The summed E-state index contributed by atoms with van der Waals surface area (Å²) in [5.74, 6) is 0.680. The van der Waals surface area contributed by atoms with Gasteiger partial charge in [0.2, 0.25) is 5.91 Å². The standard InChI is InChI=1S/C25H26N2O5S/c1-3-19-6-9-21(10-7-19)27(33(29,30)22-11-4-18(2)5-12-22)17-25(28)26-20-8-13-23-24(16-20)32-15-14-31-23/h4-13,16H,3,14-15,17H2,1-2H3,(H,26,28). The number of anilines is 2. The van der Waals surface area contributed by atoms with Gasteiger partial charge in [0.05, 0.1) is 10.6 Å². The molecule has 0 spiro atoms. The molecular weight excluding hydrogens is 440 g/mol. The number of nitrogens with one attached hydrogen (secondary N) is 1. The van der Waals surface area contributed by atoms with Crippen LogP contribution in [0.4, 0.5) is 11.4 Å². The topological polar surface area (TPSA) is 84.9 Å². The molecular formula is C25H26N2O5S. The number of ether oxygens (including phenoxy) is 2. The summed E-state index contributed by atoms with van der Waals surface area (Å²) in [4.78, 5) is 13.1. The highest BCUT2D eigenvalue weighted by Crippen LogP contribution is 2.32. The maximum Gasteiger partial charge on any atom is 0.264 e. The first-order valence-corrected chi connectivity index (χ1v) is 12.2. The fraction of sp³-hybridized carbons (Fsp3) is 0.240. The van der Waals surface area contributed by atoms with Crippen LogP contribution in [0.2, 0.25) is 0 Å². The Labute approximate surface area is 194 Å². The first kappa shape index (κ1) is 22.7. The van der Waals surface area contributed by atoms with Crippen LogP contribution in [0.3, 0.4) is 0 Å². The van der Waals surface area contributed by atoms with Crippen LogP contribution in [0.25, 0.3) is 0 Å². The predicted molar refractivity (Wildman–Crippen MR) is 128 cm³/mol. The number of amides is 1. The van der Waals surface area contributed by atoms with Crippen LogP contribution in [0.5, 0.6) is 11.5 Å². The fourth-order valence-corrected chi connectivity index (χ4v) is 4.92. The summed E-state index contributed by atoms with van der Waals surface area (Å²) in [5.41, 5.74) is 2.94. The van der Waals surface area contributed by atoms with Crippen LogP contribution in [0, 0.1) is 6.92 Å². The van der Waals surface area contributed by atoms with Gasteiger partial charge in [-0.3, -0.25) is 9.10 Å². The fourth-order valence-electron chi connectivity index (χ4n) is 3.50. The molecule has 0 fully saturated rings. The Kier molecular flexibility index (Phi) is 6.55. The molecule has 0 unspecified atom stereocenters. The van der Waals surface area contributed by atoms with Crippen LogP contribution < -0.4 is 19.1 Å². The van der Waals surface area contributed by atoms with E-state index in [9.17, 15) is 13.2 Å². The van der Waals surface area contributed by atoms with Crippen LogP contribution in [-0.2, 0) is 21.2 Å². The van der Waals surface area contributed by atoms with E-state index in [1.54, 1.807) is 54.6 Å².